The molecule has 2 aromatic rings. The van der Waals surface area contributed by atoms with Crippen LogP contribution < -0.4 is 0 Å². The maximum Gasteiger partial charge on any atom is 0.416 e. The lowest BCUT2D eigenvalue weighted by molar-refractivity contribution is -0.165. The lowest BCUT2D eigenvalue weighted by atomic mass is 9.94. The molecule has 1 heterocycles. The highest BCUT2D eigenvalue weighted by Gasteiger charge is 2.50. The fourth-order valence-corrected chi connectivity index (χ4v) is 3.12. The molecule has 0 radical (unpaired) electrons. The van der Waals surface area contributed by atoms with E-state index in [0.29, 0.717) is 24.2 Å². The number of hydrogen-bond donors (Lipinski definition) is 0. The first-order valence-corrected chi connectivity index (χ1v) is 9.88. The molecule has 0 N–H and O–H groups in total. The molecular formula is C22H23F3N2O5. The Balaban J connectivity index is 1.60. The van der Waals surface area contributed by atoms with E-state index in [1.807, 2.05) is 0 Å². The van der Waals surface area contributed by atoms with Gasteiger partial charge < -0.3 is 14.0 Å². The van der Waals surface area contributed by atoms with Crippen LogP contribution in [-0.4, -0.2) is 34.3 Å². The van der Waals surface area contributed by atoms with Crippen molar-refractivity contribution in [3.8, 4) is 0 Å². The molecule has 1 aromatic carbocycles. The Morgan fingerprint density at radius 3 is 2.31 bits per heavy atom. The Hall–Kier alpha value is -3.17. The van der Waals surface area contributed by atoms with Crippen LogP contribution in [0, 0.1) is 0 Å². The summed E-state index contributed by atoms with van der Waals surface area (Å²) in [5.41, 5.74) is -1.37. The second kappa shape index (κ2) is 8.40. The zero-order valence-corrected chi connectivity index (χ0v) is 17.9. The minimum absolute atomic E-state index is 0.00290. The van der Waals surface area contributed by atoms with Gasteiger partial charge in [-0.2, -0.15) is 18.2 Å². The number of benzene rings is 1. The number of halogens is 3. The molecule has 1 saturated carbocycles. The lowest BCUT2D eigenvalue weighted by Crippen LogP contribution is -2.27. The minimum atomic E-state index is -4.41. The summed E-state index contributed by atoms with van der Waals surface area (Å²) in [7, 11) is 0. The van der Waals surface area contributed by atoms with Crippen LogP contribution in [-0.2, 0) is 37.1 Å². The number of aromatic nitrogens is 2. The average Bonchev–Trinajstić information content (AvgIpc) is 3.37. The maximum atomic E-state index is 12.8. The SMILES string of the molecule is C=C(Cc1nc(C2(c3ccc(C(F)(F)F)cc3)CC2)no1)C(=O)OCC(=O)OC(C)(C)C. The average molecular weight is 452 g/mol. The summed E-state index contributed by atoms with van der Waals surface area (Å²) in [5, 5.41) is 3.95. The number of hydrogen-bond acceptors (Lipinski definition) is 7. The third-order valence-electron chi connectivity index (χ3n) is 4.81. The highest BCUT2D eigenvalue weighted by molar-refractivity contribution is 5.89. The molecule has 3 rings (SSSR count). The molecule has 0 amide bonds. The second-order valence-corrected chi connectivity index (χ2v) is 8.61. The van der Waals surface area contributed by atoms with Crippen LogP contribution in [0.1, 0.15) is 56.5 Å². The molecule has 0 spiro atoms. The zero-order chi connectivity index (χ0) is 23.7. The van der Waals surface area contributed by atoms with Crippen molar-refractivity contribution >= 4 is 11.9 Å². The van der Waals surface area contributed by atoms with E-state index in [-0.39, 0.29) is 17.9 Å². The summed E-state index contributed by atoms with van der Waals surface area (Å²) >= 11 is 0. The predicted molar refractivity (Wildman–Crippen MR) is 105 cm³/mol. The fourth-order valence-electron chi connectivity index (χ4n) is 3.12. The fraction of sp³-hybridized carbons (Fsp3) is 0.455. The molecule has 0 saturated heterocycles. The van der Waals surface area contributed by atoms with Crippen LogP contribution in [0.3, 0.4) is 0 Å². The van der Waals surface area contributed by atoms with E-state index in [1.54, 1.807) is 20.8 Å². The van der Waals surface area contributed by atoms with Gasteiger partial charge in [-0.25, -0.2) is 9.59 Å². The van der Waals surface area contributed by atoms with E-state index < -0.39 is 41.3 Å². The van der Waals surface area contributed by atoms with E-state index in [0.717, 1.165) is 12.1 Å². The van der Waals surface area contributed by atoms with E-state index in [1.165, 1.54) is 12.1 Å². The van der Waals surface area contributed by atoms with Gasteiger partial charge in [0.25, 0.3) is 0 Å². The summed E-state index contributed by atoms with van der Waals surface area (Å²) in [6, 6.07) is 4.88. The number of esters is 2. The molecule has 0 bridgehead atoms. The molecule has 1 aromatic heterocycles. The molecular weight excluding hydrogens is 429 g/mol. The molecule has 1 aliphatic carbocycles. The number of rotatable bonds is 7. The molecule has 10 heteroatoms. The largest absolute Gasteiger partial charge is 0.457 e. The summed E-state index contributed by atoms with van der Waals surface area (Å²) in [4.78, 5) is 28.0. The third kappa shape index (κ3) is 5.54. The van der Waals surface area contributed by atoms with Gasteiger partial charge in [-0.1, -0.05) is 23.9 Å². The third-order valence-corrected chi connectivity index (χ3v) is 4.81. The molecule has 0 unspecified atom stereocenters. The number of carbonyl (C=O) groups is 2. The first-order valence-electron chi connectivity index (χ1n) is 9.88. The summed E-state index contributed by atoms with van der Waals surface area (Å²) in [5.74, 6) is -1.05. The standard InChI is InChI=1S/C22H23F3N2O5/c1-13(18(29)30-12-17(28)31-20(2,3)4)11-16-26-19(27-32-16)21(9-10-21)14-5-7-15(8-6-14)22(23,24)25/h5-8H,1,9-12H2,2-4H3. The van der Waals surface area contributed by atoms with Crippen molar-refractivity contribution in [2.45, 2.75) is 57.2 Å². The van der Waals surface area contributed by atoms with Crippen LogP contribution in [0.15, 0.2) is 40.9 Å². The van der Waals surface area contributed by atoms with Crippen LogP contribution in [0.2, 0.25) is 0 Å². The van der Waals surface area contributed by atoms with Crippen molar-refractivity contribution in [3.63, 3.8) is 0 Å². The van der Waals surface area contributed by atoms with Crippen molar-refractivity contribution in [1.29, 1.82) is 0 Å². The van der Waals surface area contributed by atoms with Crippen molar-refractivity contribution in [1.82, 2.24) is 10.1 Å². The molecule has 1 fully saturated rings. The Morgan fingerprint density at radius 1 is 1.16 bits per heavy atom. The Labute approximate surface area is 182 Å². The monoisotopic (exact) mass is 452 g/mol. The molecule has 0 atom stereocenters. The summed E-state index contributed by atoms with van der Waals surface area (Å²) < 4.78 is 53.6. The van der Waals surface area contributed by atoms with E-state index in [9.17, 15) is 22.8 Å². The van der Waals surface area contributed by atoms with Gasteiger partial charge in [0.1, 0.15) is 5.60 Å². The number of nitrogens with zero attached hydrogens (tertiary/aromatic N) is 2. The maximum absolute atomic E-state index is 12.8. The number of ether oxygens (including phenoxy) is 2. The van der Waals surface area contributed by atoms with Gasteiger partial charge in [-0.05, 0) is 51.3 Å². The van der Waals surface area contributed by atoms with Crippen LogP contribution >= 0.6 is 0 Å². The van der Waals surface area contributed by atoms with Gasteiger partial charge in [0, 0.05) is 5.57 Å². The van der Waals surface area contributed by atoms with Gasteiger partial charge in [0.2, 0.25) is 5.89 Å². The van der Waals surface area contributed by atoms with Crippen molar-refractivity contribution < 1.29 is 36.8 Å². The van der Waals surface area contributed by atoms with E-state index >= 15 is 0 Å². The Morgan fingerprint density at radius 2 is 1.78 bits per heavy atom. The highest BCUT2D eigenvalue weighted by Crippen LogP contribution is 2.52. The smallest absolute Gasteiger partial charge is 0.416 e. The number of alkyl halides is 3. The molecule has 7 nitrogen and oxygen atoms in total. The molecule has 1 aliphatic rings. The molecule has 32 heavy (non-hydrogen) atoms. The quantitative estimate of drug-likeness (QED) is 0.460. The minimum Gasteiger partial charge on any atom is -0.457 e. The van der Waals surface area contributed by atoms with Gasteiger partial charge >= 0.3 is 18.1 Å². The topological polar surface area (TPSA) is 91.5 Å². The molecule has 0 aliphatic heterocycles. The normalized spacial score (nSPS) is 15.2. The van der Waals surface area contributed by atoms with Gasteiger partial charge in [0.15, 0.2) is 12.4 Å². The second-order valence-electron chi connectivity index (χ2n) is 8.61. The summed E-state index contributed by atoms with van der Waals surface area (Å²) in [6.45, 7) is 8.14. The van der Waals surface area contributed by atoms with E-state index in [2.05, 4.69) is 16.7 Å². The number of carbonyl (C=O) groups excluding carboxylic acids is 2. The first-order chi connectivity index (χ1) is 14.8. The van der Waals surface area contributed by atoms with Crippen LogP contribution in [0.4, 0.5) is 13.2 Å². The van der Waals surface area contributed by atoms with Crippen molar-refractivity contribution in [2.75, 3.05) is 6.61 Å². The van der Waals surface area contributed by atoms with E-state index in [4.69, 9.17) is 14.0 Å². The highest BCUT2D eigenvalue weighted by atomic mass is 19.4. The van der Waals surface area contributed by atoms with Crippen LogP contribution in [0.25, 0.3) is 0 Å². The van der Waals surface area contributed by atoms with Gasteiger partial charge in [0.05, 0.1) is 17.4 Å². The molecule has 172 valence electrons. The van der Waals surface area contributed by atoms with Gasteiger partial charge in [-0.15, -0.1) is 0 Å². The lowest BCUT2D eigenvalue weighted by Gasteiger charge is -2.19. The zero-order valence-electron chi connectivity index (χ0n) is 17.9. The van der Waals surface area contributed by atoms with Crippen molar-refractivity contribution in [3.05, 3.63) is 59.3 Å². The van der Waals surface area contributed by atoms with Crippen LogP contribution in [0.5, 0.6) is 0 Å². The predicted octanol–water partition coefficient (Wildman–Crippen LogP) is 4.15. The summed E-state index contributed by atoms with van der Waals surface area (Å²) in [6.07, 6.45) is -3.18. The van der Waals surface area contributed by atoms with Gasteiger partial charge in [-0.3, -0.25) is 0 Å². The Kier molecular flexibility index (Phi) is 6.17. The Bertz CT molecular complexity index is 1020. The first kappa shape index (κ1) is 23.5. The van der Waals surface area contributed by atoms with Crippen molar-refractivity contribution in [2.24, 2.45) is 0 Å².